The minimum atomic E-state index is -0.514. The van der Waals surface area contributed by atoms with E-state index in [1.165, 1.54) is 0 Å². The van der Waals surface area contributed by atoms with E-state index in [-0.39, 0.29) is 6.04 Å². The average Bonchev–Trinajstić information content (AvgIpc) is 2.63. The maximum Gasteiger partial charge on any atom is 0.163 e. The van der Waals surface area contributed by atoms with Crippen molar-refractivity contribution in [3.63, 3.8) is 0 Å². The van der Waals surface area contributed by atoms with Gasteiger partial charge < -0.3 is 10.4 Å². The van der Waals surface area contributed by atoms with Crippen molar-refractivity contribution in [3.05, 3.63) is 72.2 Å². The minimum absolute atomic E-state index is 0.142. The number of aliphatic hydroxyl groups excluding tert-OH is 1. The first-order chi connectivity index (χ1) is 12.1. The third-order valence-electron chi connectivity index (χ3n) is 4.01. The van der Waals surface area contributed by atoms with Crippen LogP contribution in [0.2, 0.25) is 0 Å². The molecule has 25 heavy (non-hydrogen) atoms. The molecule has 1 aromatic carbocycles. The Morgan fingerprint density at radius 2 is 1.88 bits per heavy atom. The van der Waals surface area contributed by atoms with E-state index in [4.69, 9.17) is 0 Å². The van der Waals surface area contributed by atoms with Crippen LogP contribution in [0, 0.1) is 6.92 Å². The maximum atomic E-state index is 10.5. The van der Waals surface area contributed by atoms with Gasteiger partial charge in [0.25, 0.3) is 0 Å². The van der Waals surface area contributed by atoms with E-state index in [0.29, 0.717) is 18.1 Å². The van der Waals surface area contributed by atoms with Crippen molar-refractivity contribution in [2.24, 2.45) is 0 Å². The molecule has 0 saturated heterocycles. The lowest BCUT2D eigenvalue weighted by molar-refractivity contribution is 0.158. The first-order valence-corrected chi connectivity index (χ1v) is 8.36. The van der Waals surface area contributed by atoms with Crippen LogP contribution in [0.25, 0.3) is 11.4 Å². The van der Waals surface area contributed by atoms with Gasteiger partial charge in [-0.05, 0) is 31.5 Å². The van der Waals surface area contributed by atoms with Gasteiger partial charge >= 0.3 is 0 Å². The second kappa shape index (κ2) is 7.85. The molecule has 3 aromatic rings. The Bertz CT molecular complexity index is 808. The normalized spacial score (nSPS) is 13.2. The highest BCUT2D eigenvalue weighted by molar-refractivity contribution is 5.56. The van der Waals surface area contributed by atoms with Gasteiger partial charge in [0.15, 0.2) is 5.82 Å². The van der Waals surface area contributed by atoms with E-state index in [0.717, 1.165) is 16.8 Å². The van der Waals surface area contributed by atoms with Crippen molar-refractivity contribution >= 4 is 5.82 Å². The second-order valence-corrected chi connectivity index (χ2v) is 6.15. The zero-order chi connectivity index (χ0) is 17.6. The summed E-state index contributed by atoms with van der Waals surface area (Å²) in [5.74, 6) is 1.33. The van der Waals surface area contributed by atoms with Crippen LogP contribution >= 0.6 is 0 Å². The molecule has 0 spiro atoms. The van der Waals surface area contributed by atoms with Crippen molar-refractivity contribution in [3.8, 4) is 11.4 Å². The Balaban J connectivity index is 1.72. The Morgan fingerprint density at radius 3 is 2.60 bits per heavy atom. The second-order valence-electron chi connectivity index (χ2n) is 6.15. The van der Waals surface area contributed by atoms with E-state index in [1.54, 1.807) is 12.4 Å². The molecule has 2 heterocycles. The van der Waals surface area contributed by atoms with Gasteiger partial charge in [0.1, 0.15) is 5.82 Å². The highest BCUT2D eigenvalue weighted by Crippen LogP contribution is 2.18. The van der Waals surface area contributed by atoms with Crippen molar-refractivity contribution in [2.75, 3.05) is 5.32 Å². The molecule has 2 atom stereocenters. The van der Waals surface area contributed by atoms with Crippen LogP contribution in [0.5, 0.6) is 0 Å². The SMILES string of the molecule is Cc1cc(NC(C)C(O)Cc2ccccc2)nc(-c2cccnc2)n1. The fourth-order valence-corrected chi connectivity index (χ4v) is 2.63. The summed E-state index contributed by atoms with van der Waals surface area (Å²) in [6.07, 6.45) is 3.54. The number of hydrogen-bond acceptors (Lipinski definition) is 5. The van der Waals surface area contributed by atoms with Gasteiger partial charge in [-0.2, -0.15) is 0 Å². The first-order valence-electron chi connectivity index (χ1n) is 8.36. The van der Waals surface area contributed by atoms with Crippen molar-refractivity contribution in [2.45, 2.75) is 32.4 Å². The third-order valence-corrected chi connectivity index (χ3v) is 4.01. The summed E-state index contributed by atoms with van der Waals surface area (Å²) >= 11 is 0. The van der Waals surface area contributed by atoms with Crippen LogP contribution in [0.1, 0.15) is 18.2 Å². The summed E-state index contributed by atoms with van der Waals surface area (Å²) in [6, 6.07) is 15.5. The molecule has 5 heteroatoms. The smallest absolute Gasteiger partial charge is 0.163 e. The fraction of sp³-hybridized carbons (Fsp3) is 0.250. The average molecular weight is 334 g/mol. The molecule has 0 aliphatic carbocycles. The first kappa shape index (κ1) is 17.0. The van der Waals surface area contributed by atoms with Crippen LogP contribution in [0.3, 0.4) is 0 Å². The number of nitrogens with one attached hydrogen (secondary N) is 1. The van der Waals surface area contributed by atoms with Crippen molar-refractivity contribution in [1.29, 1.82) is 0 Å². The predicted octanol–water partition coefficient (Wildman–Crippen LogP) is 3.25. The number of aryl methyl sites for hydroxylation is 1. The molecule has 0 fully saturated rings. The van der Waals surface area contributed by atoms with E-state index >= 15 is 0 Å². The molecule has 0 saturated carbocycles. The van der Waals surface area contributed by atoms with E-state index < -0.39 is 6.10 Å². The molecular formula is C20H22N4O. The predicted molar refractivity (Wildman–Crippen MR) is 99.2 cm³/mol. The highest BCUT2D eigenvalue weighted by Gasteiger charge is 2.16. The third kappa shape index (κ3) is 4.61. The molecule has 2 unspecified atom stereocenters. The van der Waals surface area contributed by atoms with Crippen LogP contribution < -0.4 is 5.32 Å². The summed E-state index contributed by atoms with van der Waals surface area (Å²) in [5.41, 5.74) is 2.84. The van der Waals surface area contributed by atoms with Gasteiger partial charge in [0.2, 0.25) is 0 Å². The molecule has 128 valence electrons. The number of hydrogen-bond donors (Lipinski definition) is 2. The lowest BCUT2D eigenvalue weighted by Crippen LogP contribution is -2.32. The molecule has 0 radical (unpaired) electrons. The van der Waals surface area contributed by atoms with Gasteiger partial charge in [-0.3, -0.25) is 4.98 Å². The lowest BCUT2D eigenvalue weighted by atomic mass is 10.0. The van der Waals surface area contributed by atoms with Gasteiger partial charge in [0, 0.05) is 36.1 Å². The van der Waals surface area contributed by atoms with Gasteiger partial charge in [-0.25, -0.2) is 9.97 Å². The fourth-order valence-electron chi connectivity index (χ4n) is 2.63. The Labute approximate surface area is 147 Å². The van der Waals surface area contributed by atoms with Crippen LogP contribution in [0.15, 0.2) is 60.9 Å². The monoisotopic (exact) mass is 334 g/mol. The number of aliphatic hydroxyl groups is 1. The number of rotatable bonds is 6. The molecule has 0 aliphatic rings. The quantitative estimate of drug-likeness (QED) is 0.724. The number of benzene rings is 1. The van der Waals surface area contributed by atoms with Crippen LogP contribution in [-0.2, 0) is 6.42 Å². The summed E-state index contributed by atoms with van der Waals surface area (Å²) in [5, 5.41) is 13.8. The van der Waals surface area contributed by atoms with Crippen LogP contribution in [0.4, 0.5) is 5.82 Å². The van der Waals surface area contributed by atoms with Gasteiger partial charge in [0.05, 0.1) is 12.1 Å². The summed E-state index contributed by atoms with van der Waals surface area (Å²) in [7, 11) is 0. The van der Waals surface area contributed by atoms with E-state index in [2.05, 4.69) is 20.3 Å². The number of aromatic nitrogens is 3. The number of nitrogens with zero attached hydrogens (tertiary/aromatic N) is 3. The molecule has 0 bridgehead atoms. The zero-order valence-electron chi connectivity index (χ0n) is 14.4. The topological polar surface area (TPSA) is 70.9 Å². The minimum Gasteiger partial charge on any atom is -0.391 e. The maximum absolute atomic E-state index is 10.5. The van der Waals surface area contributed by atoms with Gasteiger partial charge in [-0.1, -0.05) is 30.3 Å². The molecule has 2 aromatic heterocycles. The molecule has 3 rings (SSSR count). The highest BCUT2D eigenvalue weighted by atomic mass is 16.3. The van der Waals surface area contributed by atoms with Gasteiger partial charge in [-0.15, -0.1) is 0 Å². The van der Waals surface area contributed by atoms with Crippen LogP contribution in [-0.4, -0.2) is 32.2 Å². The molecule has 0 amide bonds. The number of pyridine rings is 1. The summed E-state index contributed by atoms with van der Waals surface area (Å²) in [4.78, 5) is 13.1. The Hall–Kier alpha value is -2.79. The lowest BCUT2D eigenvalue weighted by Gasteiger charge is -2.21. The standard InChI is InChI=1S/C20H22N4O/c1-14-11-19(24-20(22-14)17-9-6-10-21-13-17)23-15(2)18(25)12-16-7-4-3-5-8-16/h3-11,13,15,18,25H,12H2,1-2H3,(H,22,23,24). The van der Waals surface area contributed by atoms with Crippen molar-refractivity contribution < 1.29 is 5.11 Å². The van der Waals surface area contributed by atoms with E-state index in [9.17, 15) is 5.11 Å². The largest absolute Gasteiger partial charge is 0.391 e. The van der Waals surface area contributed by atoms with E-state index in [1.807, 2.05) is 62.4 Å². The Morgan fingerprint density at radius 1 is 1.08 bits per heavy atom. The summed E-state index contributed by atoms with van der Waals surface area (Å²) in [6.45, 7) is 3.88. The zero-order valence-corrected chi connectivity index (χ0v) is 14.4. The Kier molecular flexibility index (Phi) is 5.36. The van der Waals surface area contributed by atoms with Crippen molar-refractivity contribution in [1.82, 2.24) is 15.0 Å². The summed E-state index contributed by atoms with van der Waals surface area (Å²) < 4.78 is 0. The molecule has 5 nitrogen and oxygen atoms in total. The molecule has 2 N–H and O–H groups in total. The molecular weight excluding hydrogens is 312 g/mol. The number of anilines is 1. The molecule has 0 aliphatic heterocycles.